The Labute approximate surface area is 161 Å². The van der Waals surface area contributed by atoms with Crippen LogP contribution in [0.1, 0.15) is 11.1 Å². The molecule has 2 amide bonds. The summed E-state index contributed by atoms with van der Waals surface area (Å²) in [5, 5.41) is 0.454. The first-order valence-corrected chi connectivity index (χ1v) is 9.26. The molecule has 3 rings (SSSR count). The topological polar surface area (TPSA) is 37.4 Å². The van der Waals surface area contributed by atoms with Crippen molar-refractivity contribution in [2.45, 2.75) is 6.54 Å². The van der Waals surface area contributed by atoms with E-state index in [0.29, 0.717) is 20.5 Å². The van der Waals surface area contributed by atoms with Crippen molar-refractivity contribution in [3.8, 4) is 0 Å². The van der Waals surface area contributed by atoms with Crippen LogP contribution in [0.3, 0.4) is 0 Å². The standard InChI is InChI=1S/C17H10BrCl2NO2S/c18-12-6-2-1-4-11(12)9-21-16(22)14(24-17(21)23)8-10-5-3-7-13(19)15(10)20/h1-8H,9H2/b14-8+. The number of benzene rings is 2. The van der Waals surface area contributed by atoms with E-state index in [0.717, 1.165) is 21.8 Å². The van der Waals surface area contributed by atoms with Gasteiger partial charge in [0.15, 0.2) is 0 Å². The number of amides is 2. The van der Waals surface area contributed by atoms with Gasteiger partial charge in [-0.15, -0.1) is 0 Å². The average molecular weight is 443 g/mol. The van der Waals surface area contributed by atoms with Gasteiger partial charge in [0.25, 0.3) is 11.1 Å². The monoisotopic (exact) mass is 441 g/mol. The SMILES string of the molecule is O=C1S/C(=C/c2cccc(Cl)c2Cl)C(=O)N1Cc1ccccc1Br. The largest absolute Gasteiger partial charge is 0.293 e. The van der Waals surface area contributed by atoms with Gasteiger partial charge in [-0.1, -0.05) is 69.5 Å². The van der Waals surface area contributed by atoms with Crippen molar-refractivity contribution in [1.29, 1.82) is 0 Å². The molecular formula is C17H10BrCl2NO2S. The normalized spacial score (nSPS) is 16.3. The second kappa shape index (κ2) is 7.31. The zero-order valence-electron chi connectivity index (χ0n) is 12.1. The number of nitrogens with zero attached hydrogens (tertiary/aromatic N) is 1. The first-order chi connectivity index (χ1) is 11.5. The molecule has 2 aromatic rings. The summed E-state index contributed by atoms with van der Waals surface area (Å²) in [7, 11) is 0. The molecule has 0 bridgehead atoms. The van der Waals surface area contributed by atoms with Crippen molar-refractivity contribution >= 4 is 68.1 Å². The Hall–Kier alpha value is -1.27. The lowest BCUT2D eigenvalue weighted by atomic mass is 10.2. The van der Waals surface area contributed by atoms with Crippen LogP contribution in [0.2, 0.25) is 10.0 Å². The summed E-state index contributed by atoms with van der Waals surface area (Å²) in [5.74, 6) is -0.336. The second-order valence-electron chi connectivity index (χ2n) is 5.00. The fourth-order valence-corrected chi connectivity index (χ4v) is 3.81. The minimum Gasteiger partial charge on any atom is -0.268 e. The van der Waals surface area contributed by atoms with Gasteiger partial charge in [-0.05, 0) is 41.1 Å². The molecule has 1 fully saturated rings. The minimum absolute atomic E-state index is 0.215. The summed E-state index contributed by atoms with van der Waals surface area (Å²) in [6.07, 6.45) is 1.60. The van der Waals surface area contributed by atoms with Crippen molar-refractivity contribution in [3.05, 3.63) is 73.0 Å². The Morgan fingerprint density at radius 1 is 1.08 bits per heavy atom. The Bertz CT molecular complexity index is 869. The van der Waals surface area contributed by atoms with E-state index in [4.69, 9.17) is 23.2 Å². The molecular weight excluding hydrogens is 433 g/mol. The van der Waals surface area contributed by atoms with Gasteiger partial charge < -0.3 is 0 Å². The number of carbonyl (C=O) groups excluding carboxylic acids is 2. The van der Waals surface area contributed by atoms with Gasteiger partial charge in [0.1, 0.15) is 0 Å². The maximum absolute atomic E-state index is 12.6. The summed E-state index contributed by atoms with van der Waals surface area (Å²) < 4.78 is 0.853. The number of halogens is 3. The van der Waals surface area contributed by atoms with E-state index in [9.17, 15) is 9.59 Å². The lowest BCUT2D eigenvalue weighted by molar-refractivity contribution is -0.123. The molecule has 0 aliphatic carbocycles. The zero-order valence-corrected chi connectivity index (χ0v) is 16.0. The van der Waals surface area contributed by atoms with Crippen LogP contribution in [0.15, 0.2) is 51.8 Å². The highest BCUT2D eigenvalue weighted by Gasteiger charge is 2.35. The molecule has 122 valence electrons. The molecule has 1 aliphatic heterocycles. The lowest BCUT2D eigenvalue weighted by Gasteiger charge is -2.13. The molecule has 1 saturated heterocycles. The van der Waals surface area contributed by atoms with Gasteiger partial charge in [0.2, 0.25) is 0 Å². The van der Waals surface area contributed by atoms with Crippen molar-refractivity contribution in [3.63, 3.8) is 0 Å². The number of imide groups is 1. The van der Waals surface area contributed by atoms with E-state index >= 15 is 0 Å². The maximum Gasteiger partial charge on any atom is 0.293 e. The Morgan fingerprint density at radius 3 is 2.58 bits per heavy atom. The van der Waals surface area contributed by atoms with Crippen LogP contribution in [-0.2, 0) is 11.3 Å². The maximum atomic E-state index is 12.6. The van der Waals surface area contributed by atoms with Gasteiger partial charge in [0, 0.05) is 4.47 Å². The Morgan fingerprint density at radius 2 is 1.83 bits per heavy atom. The quantitative estimate of drug-likeness (QED) is 0.547. The van der Waals surface area contributed by atoms with E-state index in [1.54, 1.807) is 24.3 Å². The molecule has 1 heterocycles. The molecule has 0 unspecified atom stereocenters. The van der Waals surface area contributed by atoms with Crippen LogP contribution in [0, 0.1) is 0 Å². The molecule has 2 aromatic carbocycles. The number of hydrogen-bond donors (Lipinski definition) is 0. The lowest BCUT2D eigenvalue weighted by Crippen LogP contribution is -2.27. The van der Waals surface area contributed by atoms with Gasteiger partial charge in [-0.25, -0.2) is 0 Å². The summed E-state index contributed by atoms with van der Waals surface area (Å²) in [4.78, 5) is 26.3. The van der Waals surface area contributed by atoms with Gasteiger partial charge in [0.05, 0.1) is 21.5 Å². The number of thioether (sulfide) groups is 1. The third-order valence-electron chi connectivity index (χ3n) is 3.43. The van der Waals surface area contributed by atoms with Crippen LogP contribution in [0.5, 0.6) is 0 Å². The summed E-state index contributed by atoms with van der Waals surface area (Å²) in [6.45, 7) is 0.215. The number of rotatable bonds is 3. The van der Waals surface area contributed by atoms with E-state index in [-0.39, 0.29) is 17.7 Å². The smallest absolute Gasteiger partial charge is 0.268 e. The molecule has 0 saturated carbocycles. The van der Waals surface area contributed by atoms with Crippen LogP contribution in [0.25, 0.3) is 6.08 Å². The molecule has 7 heteroatoms. The predicted octanol–water partition coefficient (Wildman–Crippen LogP) is 5.99. The third kappa shape index (κ3) is 3.54. The predicted molar refractivity (Wildman–Crippen MR) is 102 cm³/mol. The van der Waals surface area contributed by atoms with Crippen molar-refractivity contribution in [2.24, 2.45) is 0 Å². The van der Waals surface area contributed by atoms with E-state index in [2.05, 4.69) is 15.9 Å². The minimum atomic E-state index is -0.336. The molecule has 1 aliphatic rings. The van der Waals surface area contributed by atoms with Crippen LogP contribution in [0.4, 0.5) is 4.79 Å². The van der Waals surface area contributed by atoms with Gasteiger partial charge >= 0.3 is 0 Å². The highest BCUT2D eigenvalue weighted by molar-refractivity contribution is 9.10. The molecule has 0 radical (unpaired) electrons. The van der Waals surface area contributed by atoms with Crippen LogP contribution >= 0.6 is 50.9 Å². The summed E-state index contributed by atoms with van der Waals surface area (Å²) >= 11 is 16.4. The zero-order chi connectivity index (χ0) is 17.3. The highest BCUT2D eigenvalue weighted by Crippen LogP contribution is 2.36. The molecule has 0 spiro atoms. The van der Waals surface area contributed by atoms with Crippen molar-refractivity contribution in [2.75, 3.05) is 0 Å². The van der Waals surface area contributed by atoms with Crippen LogP contribution in [-0.4, -0.2) is 16.0 Å². The van der Waals surface area contributed by atoms with Crippen molar-refractivity contribution < 1.29 is 9.59 Å². The first-order valence-electron chi connectivity index (χ1n) is 6.90. The van der Waals surface area contributed by atoms with Crippen LogP contribution < -0.4 is 0 Å². The van der Waals surface area contributed by atoms with Gasteiger partial charge in [-0.2, -0.15) is 0 Å². The highest BCUT2D eigenvalue weighted by atomic mass is 79.9. The number of hydrogen-bond acceptors (Lipinski definition) is 3. The van der Waals surface area contributed by atoms with Crippen molar-refractivity contribution in [1.82, 2.24) is 4.90 Å². The van der Waals surface area contributed by atoms with E-state index in [1.807, 2.05) is 24.3 Å². The summed E-state index contributed by atoms with van der Waals surface area (Å²) in [6, 6.07) is 12.6. The fourth-order valence-electron chi connectivity index (χ4n) is 2.21. The molecule has 0 aromatic heterocycles. The second-order valence-corrected chi connectivity index (χ2v) is 7.64. The Kier molecular flexibility index (Phi) is 5.35. The van der Waals surface area contributed by atoms with E-state index < -0.39 is 0 Å². The average Bonchev–Trinajstić information content (AvgIpc) is 2.81. The molecule has 0 atom stereocenters. The number of carbonyl (C=O) groups is 2. The van der Waals surface area contributed by atoms with E-state index in [1.165, 1.54) is 4.90 Å². The van der Waals surface area contributed by atoms with Gasteiger partial charge in [-0.3, -0.25) is 14.5 Å². The fraction of sp³-hybridized carbons (Fsp3) is 0.0588. The first kappa shape index (κ1) is 17.5. The molecule has 0 N–H and O–H groups in total. The summed E-state index contributed by atoms with van der Waals surface area (Å²) in [5.41, 5.74) is 1.47. The Balaban J connectivity index is 1.88. The molecule has 24 heavy (non-hydrogen) atoms. The third-order valence-corrected chi connectivity index (χ3v) is 5.94. The molecule has 3 nitrogen and oxygen atoms in total.